The molecule has 4 heterocycles. The molecule has 1 atom stereocenters. The topological polar surface area (TPSA) is 51.8 Å². The number of rotatable bonds is 2. The molecule has 0 radical (unpaired) electrons. The van der Waals surface area contributed by atoms with Gasteiger partial charge in [-0.3, -0.25) is 9.36 Å². The molecule has 6 nitrogen and oxygen atoms in total. The van der Waals surface area contributed by atoms with Crippen LogP contribution in [-0.4, -0.2) is 37.6 Å². The Balaban J connectivity index is 1.72. The summed E-state index contributed by atoms with van der Waals surface area (Å²) in [7, 11) is 1.95. The van der Waals surface area contributed by atoms with Crippen LogP contribution < -0.4 is 4.90 Å². The van der Waals surface area contributed by atoms with Crippen LogP contribution in [0.5, 0.6) is 0 Å². The van der Waals surface area contributed by atoms with Crippen molar-refractivity contribution < 1.29 is 0 Å². The Morgan fingerprint density at radius 3 is 3.00 bits per heavy atom. The largest absolute Gasteiger partial charge is 0.369 e. The first kappa shape index (κ1) is 12.4. The highest BCUT2D eigenvalue weighted by Crippen LogP contribution is 2.32. The Hall–Kier alpha value is -2.37. The summed E-state index contributed by atoms with van der Waals surface area (Å²) in [5, 5.41) is 10.0. The molecule has 3 aromatic rings. The summed E-state index contributed by atoms with van der Waals surface area (Å²) in [5.41, 5.74) is 3.23. The van der Waals surface area contributed by atoms with Crippen molar-refractivity contribution in [1.82, 2.24) is 24.5 Å². The lowest BCUT2D eigenvalue weighted by Crippen LogP contribution is -2.21. The molecule has 1 saturated heterocycles. The molecular formula is C15H18N6. The Kier molecular flexibility index (Phi) is 2.70. The van der Waals surface area contributed by atoms with Gasteiger partial charge in [0.25, 0.3) is 0 Å². The molecule has 0 bridgehead atoms. The van der Waals surface area contributed by atoms with Crippen LogP contribution in [0.2, 0.25) is 0 Å². The van der Waals surface area contributed by atoms with Crippen molar-refractivity contribution in [3.63, 3.8) is 0 Å². The van der Waals surface area contributed by atoms with E-state index < -0.39 is 0 Å². The second-order valence-corrected chi connectivity index (χ2v) is 5.61. The molecule has 1 aliphatic rings. The van der Waals surface area contributed by atoms with E-state index in [2.05, 4.69) is 37.8 Å². The van der Waals surface area contributed by atoms with Crippen LogP contribution in [0.25, 0.3) is 11.0 Å². The van der Waals surface area contributed by atoms with E-state index in [0.717, 1.165) is 30.9 Å². The highest BCUT2D eigenvalue weighted by Gasteiger charge is 2.26. The van der Waals surface area contributed by atoms with Gasteiger partial charge in [0, 0.05) is 38.7 Å². The first-order valence-electron chi connectivity index (χ1n) is 7.26. The highest BCUT2D eigenvalue weighted by molar-refractivity contribution is 5.92. The zero-order valence-corrected chi connectivity index (χ0v) is 12.3. The lowest BCUT2D eigenvalue weighted by molar-refractivity contribution is 0.495. The molecule has 0 aliphatic carbocycles. The molecule has 0 amide bonds. The monoisotopic (exact) mass is 282 g/mol. The summed E-state index contributed by atoms with van der Waals surface area (Å²) >= 11 is 0. The van der Waals surface area contributed by atoms with Crippen LogP contribution in [0.1, 0.15) is 18.2 Å². The van der Waals surface area contributed by atoms with Gasteiger partial charge in [0.1, 0.15) is 0 Å². The van der Waals surface area contributed by atoms with Crippen molar-refractivity contribution in [3.8, 4) is 0 Å². The minimum Gasteiger partial charge on any atom is -0.369 e. The van der Waals surface area contributed by atoms with Gasteiger partial charge in [0.2, 0.25) is 0 Å². The van der Waals surface area contributed by atoms with Gasteiger partial charge in [-0.2, -0.15) is 10.2 Å². The van der Waals surface area contributed by atoms with E-state index in [4.69, 9.17) is 0 Å². The van der Waals surface area contributed by atoms with Crippen molar-refractivity contribution in [3.05, 3.63) is 36.4 Å². The fourth-order valence-corrected chi connectivity index (χ4v) is 3.29. The summed E-state index contributed by atoms with van der Waals surface area (Å²) in [5.74, 6) is 0. The van der Waals surface area contributed by atoms with Crippen molar-refractivity contribution >= 4 is 16.7 Å². The van der Waals surface area contributed by atoms with Gasteiger partial charge in [-0.15, -0.1) is 0 Å². The number of hydrogen-bond donors (Lipinski definition) is 0. The standard InChI is InChI=1S/C15H18N6/c1-11-14-13(4-7-16-15(14)19(2)18-11)20-9-5-12(10-20)21-8-3-6-17-21/h3-4,6-8,12H,5,9-10H2,1-2H3. The van der Waals surface area contributed by atoms with E-state index in [1.807, 2.05) is 36.4 Å². The van der Waals surface area contributed by atoms with Gasteiger partial charge in [-0.1, -0.05) is 0 Å². The Morgan fingerprint density at radius 1 is 1.29 bits per heavy atom. The van der Waals surface area contributed by atoms with Gasteiger partial charge >= 0.3 is 0 Å². The number of nitrogens with zero attached hydrogens (tertiary/aromatic N) is 6. The van der Waals surface area contributed by atoms with Crippen molar-refractivity contribution in [1.29, 1.82) is 0 Å². The highest BCUT2D eigenvalue weighted by atomic mass is 15.3. The minimum atomic E-state index is 0.445. The van der Waals surface area contributed by atoms with Crippen LogP contribution in [-0.2, 0) is 7.05 Å². The molecule has 0 N–H and O–H groups in total. The molecule has 0 saturated carbocycles. The number of anilines is 1. The lowest BCUT2D eigenvalue weighted by Gasteiger charge is -2.19. The number of aromatic nitrogens is 5. The molecule has 1 fully saturated rings. The van der Waals surface area contributed by atoms with Gasteiger partial charge in [0.15, 0.2) is 5.65 Å². The molecule has 3 aromatic heterocycles. The summed E-state index contributed by atoms with van der Waals surface area (Å²) in [6.07, 6.45) is 6.88. The number of aryl methyl sites for hydroxylation is 2. The second-order valence-electron chi connectivity index (χ2n) is 5.61. The zero-order valence-electron chi connectivity index (χ0n) is 12.3. The molecule has 4 rings (SSSR count). The molecule has 0 spiro atoms. The third kappa shape index (κ3) is 1.90. The van der Waals surface area contributed by atoms with Gasteiger partial charge in [0.05, 0.1) is 22.8 Å². The van der Waals surface area contributed by atoms with Crippen LogP contribution >= 0.6 is 0 Å². The van der Waals surface area contributed by atoms with Crippen LogP contribution in [0.3, 0.4) is 0 Å². The van der Waals surface area contributed by atoms with Crippen LogP contribution in [0.4, 0.5) is 5.69 Å². The maximum absolute atomic E-state index is 4.50. The van der Waals surface area contributed by atoms with Crippen LogP contribution in [0.15, 0.2) is 30.7 Å². The number of pyridine rings is 1. The third-order valence-electron chi connectivity index (χ3n) is 4.28. The van der Waals surface area contributed by atoms with Crippen molar-refractivity contribution in [2.24, 2.45) is 7.05 Å². The van der Waals surface area contributed by atoms with E-state index in [0.29, 0.717) is 6.04 Å². The first-order chi connectivity index (χ1) is 10.2. The maximum Gasteiger partial charge on any atom is 0.159 e. The summed E-state index contributed by atoms with van der Waals surface area (Å²) in [4.78, 5) is 6.88. The second kappa shape index (κ2) is 4.58. The minimum absolute atomic E-state index is 0.445. The van der Waals surface area contributed by atoms with Crippen LogP contribution in [0, 0.1) is 6.92 Å². The van der Waals surface area contributed by atoms with Crippen molar-refractivity contribution in [2.75, 3.05) is 18.0 Å². The molecule has 21 heavy (non-hydrogen) atoms. The predicted molar refractivity (Wildman–Crippen MR) is 81.3 cm³/mol. The van der Waals surface area contributed by atoms with Crippen molar-refractivity contribution in [2.45, 2.75) is 19.4 Å². The average molecular weight is 282 g/mol. The average Bonchev–Trinajstić information content (AvgIpc) is 3.20. The van der Waals surface area contributed by atoms with Gasteiger partial charge in [-0.05, 0) is 25.5 Å². The van der Waals surface area contributed by atoms with Gasteiger partial charge < -0.3 is 4.90 Å². The zero-order chi connectivity index (χ0) is 14.4. The first-order valence-corrected chi connectivity index (χ1v) is 7.26. The molecular weight excluding hydrogens is 264 g/mol. The number of fused-ring (bicyclic) bond motifs is 1. The van der Waals surface area contributed by atoms with E-state index in [1.165, 1.54) is 11.1 Å². The molecule has 1 unspecified atom stereocenters. The van der Waals surface area contributed by atoms with Gasteiger partial charge in [-0.25, -0.2) is 4.98 Å². The number of hydrogen-bond acceptors (Lipinski definition) is 4. The lowest BCUT2D eigenvalue weighted by atomic mass is 10.2. The SMILES string of the molecule is Cc1nn(C)c2nccc(N3CCC(n4cccn4)C3)c12. The summed E-state index contributed by atoms with van der Waals surface area (Å²) < 4.78 is 3.92. The summed E-state index contributed by atoms with van der Waals surface area (Å²) in [6.45, 7) is 4.07. The maximum atomic E-state index is 4.50. The molecule has 108 valence electrons. The van der Waals surface area contributed by atoms with E-state index in [1.54, 1.807) is 0 Å². The fourth-order valence-electron chi connectivity index (χ4n) is 3.29. The Morgan fingerprint density at radius 2 is 2.19 bits per heavy atom. The Labute approximate surface area is 123 Å². The van der Waals surface area contributed by atoms with E-state index >= 15 is 0 Å². The molecule has 0 aromatic carbocycles. The smallest absolute Gasteiger partial charge is 0.159 e. The Bertz CT molecular complexity index is 773. The summed E-state index contributed by atoms with van der Waals surface area (Å²) in [6, 6.07) is 4.53. The predicted octanol–water partition coefficient (Wildman–Crippen LogP) is 1.92. The fraction of sp³-hybridized carbons (Fsp3) is 0.400. The molecule has 6 heteroatoms. The third-order valence-corrected chi connectivity index (χ3v) is 4.28. The quantitative estimate of drug-likeness (QED) is 0.720. The van der Waals surface area contributed by atoms with E-state index in [9.17, 15) is 0 Å². The van der Waals surface area contributed by atoms with E-state index in [-0.39, 0.29) is 0 Å². The molecule has 1 aliphatic heterocycles. The normalized spacial score (nSPS) is 18.8.